The number of benzene rings is 1. The van der Waals surface area contributed by atoms with E-state index < -0.39 is 0 Å². The fraction of sp³-hybridized carbons (Fsp3) is 0.538. The number of anilines is 1. The van der Waals surface area contributed by atoms with Crippen molar-refractivity contribution in [1.82, 2.24) is 0 Å². The quantitative estimate of drug-likeness (QED) is 0.637. The predicted octanol–water partition coefficient (Wildman–Crippen LogP) is 2.59. The summed E-state index contributed by atoms with van der Waals surface area (Å²) in [4.78, 5) is 10.4. The number of nitrogens with two attached hydrogens (primary N) is 1. The fourth-order valence-electron chi connectivity index (χ4n) is 2.42. The summed E-state index contributed by atoms with van der Waals surface area (Å²) >= 11 is 0. The van der Waals surface area contributed by atoms with Crippen molar-refractivity contribution in [2.24, 2.45) is 5.73 Å². The molecule has 1 aliphatic carbocycles. The third-order valence-corrected chi connectivity index (χ3v) is 3.59. The molecule has 2 unspecified atom stereocenters. The second kappa shape index (κ2) is 5.35. The van der Waals surface area contributed by atoms with E-state index in [0.29, 0.717) is 0 Å². The van der Waals surface area contributed by atoms with Gasteiger partial charge >= 0.3 is 0 Å². The van der Waals surface area contributed by atoms with Gasteiger partial charge in [0.05, 0.1) is 4.92 Å². The maximum atomic E-state index is 10.8. The van der Waals surface area contributed by atoms with E-state index in [4.69, 9.17) is 5.73 Å². The molecule has 18 heavy (non-hydrogen) atoms. The van der Waals surface area contributed by atoms with E-state index in [1.54, 1.807) is 12.1 Å². The van der Waals surface area contributed by atoms with Gasteiger partial charge in [-0.3, -0.25) is 10.1 Å². The Balaban J connectivity index is 2.17. The van der Waals surface area contributed by atoms with E-state index in [1.807, 2.05) is 6.92 Å². The first-order valence-electron chi connectivity index (χ1n) is 6.35. The number of nitro groups is 1. The summed E-state index contributed by atoms with van der Waals surface area (Å²) in [7, 11) is 0. The van der Waals surface area contributed by atoms with Crippen LogP contribution >= 0.6 is 0 Å². The number of aryl methyl sites for hydroxylation is 1. The third-order valence-electron chi connectivity index (χ3n) is 3.59. The van der Waals surface area contributed by atoms with Gasteiger partial charge in [0.25, 0.3) is 5.69 Å². The van der Waals surface area contributed by atoms with Gasteiger partial charge in [-0.2, -0.15) is 0 Å². The highest BCUT2D eigenvalue weighted by atomic mass is 16.6. The van der Waals surface area contributed by atoms with Crippen molar-refractivity contribution in [3.05, 3.63) is 33.9 Å². The number of hydrogen-bond acceptors (Lipinski definition) is 4. The van der Waals surface area contributed by atoms with Crippen molar-refractivity contribution >= 4 is 11.4 Å². The molecule has 1 aromatic carbocycles. The second-order valence-corrected chi connectivity index (χ2v) is 4.96. The molecule has 2 atom stereocenters. The molecule has 2 rings (SSSR count). The summed E-state index contributed by atoms with van der Waals surface area (Å²) < 4.78 is 0. The van der Waals surface area contributed by atoms with Crippen LogP contribution in [0.1, 0.15) is 31.2 Å². The minimum atomic E-state index is -0.370. The second-order valence-electron chi connectivity index (χ2n) is 4.96. The van der Waals surface area contributed by atoms with Gasteiger partial charge < -0.3 is 11.1 Å². The summed E-state index contributed by atoms with van der Waals surface area (Å²) in [6, 6.07) is 5.25. The van der Waals surface area contributed by atoms with Crippen molar-refractivity contribution in [1.29, 1.82) is 0 Å². The topological polar surface area (TPSA) is 81.2 Å². The smallest absolute Gasteiger partial charge is 0.271 e. The van der Waals surface area contributed by atoms with Gasteiger partial charge in [0.15, 0.2) is 0 Å². The molecule has 0 aliphatic heterocycles. The zero-order chi connectivity index (χ0) is 13.1. The van der Waals surface area contributed by atoms with Crippen LogP contribution in [0.2, 0.25) is 0 Å². The van der Waals surface area contributed by atoms with Crippen LogP contribution < -0.4 is 11.1 Å². The van der Waals surface area contributed by atoms with Gasteiger partial charge in [0.2, 0.25) is 0 Å². The van der Waals surface area contributed by atoms with Crippen LogP contribution in [0.5, 0.6) is 0 Å². The van der Waals surface area contributed by atoms with Crippen molar-refractivity contribution < 1.29 is 4.92 Å². The summed E-state index contributed by atoms with van der Waals surface area (Å²) in [5, 5.41) is 14.1. The molecule has 1 aliphatic rings. The van der Waals surface area contributed by atoms with Crippen molar-refractivity contribution in [3.8, 4) is 0 Å². The maximum absolute atomic E-state index is 10.8. The van der Waals surface area contributed by atoms with E-state index in [1.165, 1.54) is 18.9 Å². The molecular formula is C13H19N3O2. The number of nitro benzene ring substituents is 1. The van der Waals surface area contributed by atoms with Crippen LogP contribution in [0.25, 0.3) is 0 Å². The number of non-ortho nitro benzene ring substituents is 1. The Morgan fingerprint density at radius 2 is 2.11 bits per heavy atom. The van der Waals surface area contributed by atoms with Gasteiger partial charge in [0, 0.05) is 29.9 Å². The van der Waals surface area contributed by atoms with E-state index in [-0.39, 0.29) is 22.7 Å². The molecule has 98 valence electrons. The largest absolute Gasteiger partial charge is 0.380 e. The Hall–Kier alpha value is -1.62. The van der Waals surface area contributed by atoms with Crippen LogP contribution in [0.15, 0.2) is 18.2 Å². The van der Waals surface area contributed by atoms with E-state index >= 15 is 0 Å². The van der Waals surface area contributed by atoms with Crippen molar-refractivity contribution in [2.45, 2.75) is 44.7 Å². The first-order chi connectivity index (χ1) is 8.58. The monoisotopic (exact) mass is 249 g/mol. The third kappa shape index (κ3) is 2.79. The Morgan fingerprint density at radius 3 is 2.78 bits per heavy atom. The Morgan fingerprint density at radius 1 is 1.39 bits per heavy atom. The molecule has 0 spiro atoms. The molecule has 0 bridgehead atoms. The molecule has 3 N–H and O–H groups in total. The standard InChI is InChI=1S/C13H19N3O2/c1-9-6-7-10(16(17)18)8-13(9)15-12-5-3-2-4-11(12)14/h6-8,11-12,15H,2-5,14H2,1H3. The Kier molecular flexibility index (Phi) is 3.81. The van der Waals surface area contributed by atoms with Gasteiger partial charge in [-0.1, -0.05) is 18.9 Å². The lowest BCUT2D eigenvalue weighted by Crippen LogP contribution is -2.42. The highest BCUT2D eigenvalue weighted by Crippen LogP contribution is 2.26. The molecule has 0 heterocycles. The van der Waals surface area contributed by atoms with Gasteiger partial charge in [0.1, 0.15) is 0 Å². The molecule has 5 heteroatoms. The SMILES string of the molecule is Cc1ccc([N+](=O)[O-])cc1NC1CCCCC1N. The maximum Gasteiger partial charge on any atom is 0.271 e. The van der Waals surface area contributed by atoms with Crippen molar-refractivity contribution in [3.63, 3.8) is 0 Å². The zero-order valence-corrected chi connectivity index (χ0v) is 10.6. The average Bonchev–Trinajstić information content (AvgIpc) is 2.34. The van der Waals surface area contributed by atoms with Crippen molar-refractivity contribution in [2.75, 3.05) is 5.32 Å². The summed E-state index contributed by atoms with van der Waals surface area (Å²) in [6.07, 6.45) is 4.39. The van der Waals surface area contributed by atoms with Crippen LogP contribution in [-0.4, -0.2) is 17.0 Å². The predicted molar refractivity (Wildman–Crippen MR) is 71.7 cm³/mol. The molecule has 0 amide bonds. The highest BCUT2D eigenvalue weighted by molar-refractivity contribution is 5.57. The van der Waals surface area contributed by atoms with Gasteiger partial charge in [-0.25, -0.2) is 0 Å². The van der Waals surface area contributed by atoms with E-state index in [2.05, 4.69) is 5.32 Å². The van der Waals surface area contributed by atoms with Crippen LogP contribution in [0.4, 0.5) is 11.4 Å². The van der Waals surface area contributed by atoms with Crippen LogP contribution in [0, 0.1) is 17.0 Å². The average molecular weight is 249 g/mol. The first kappa shape index (κ1) is 12.8. The number of nitrogens with zero attached hydrogens (tertiary/aromatic N) is 1. The highest BCUT2D eigenvalue weighted by Gasteiger charge is 2.22. The molecular weight excluding hydrogens is 230 g/mol. The molecule has 1 fully saturated rings. The summed E-state index contributed by atoms with van der Waals surface area (Å²) in [6.45, 7) is 1.94. The van der Waals surface area contributed by atoms with E-state index in [9.17, 15) is 10.1 Å². The molecule has 0 saturated heterocycles. The lowest BCUT2D eigenvalue weighted by atomic mass is 9.90. The Bertz CT molecular complexity index is 448. The zero-order valence-electron chi connectivity index (χ0n) is 10.6. The molecule has 0 radical (unpaired) electrons. The molecule has 1 aromatic rings. The number of rotatable bonds is 3. The summed E-state index contributed by atoms with van der Waals surface area (Å²) in [5.41, 5.74) is 8.03. The van der Waals surface area contributed by atoms with Gasteiger partial charge in [-0.15, -0.1) is 0 Å². The number of nitrogens with one attached hydrogen (secondary N) is 1. The summed E-state index contributed by atoms with van der Waals surface area (Å²) in [5.74, 6) is 0. The lowest BCUT2D eigenvalue weighted by Gasteiger charge is -2.30. The van der Waals surface area contributed by atoms with E-state index in [0.717, 1.165) is 24.1 Å². The van der Waals surface area contributed by atoms with Gasteiger partial charge in [-0.05, 0) is 25.3 Å². The molecule has 5 nitrogen and oxygen atoms in total. The number of hydrogen-bond donors (Lipinski definition) is 2. The minimum Gasteiger partial charge on any atom is -0.380 e. The minimum absolute atomic E-state index is 0.118. The Labute approximate surface area is 107 Å². The fourth-order valence-corrected chi connectivity index (χ4v) is 2.42. The molecule has 1 saturated carbocycles. The van der Waals surface area contributed by atoms with Crippen LogP contribution in [-0.2, 0) is 0 Å². The first-order valence-corrected chi connectivity index (χ1v) is 6.35. The van der Waals surface area contributed by atoms with Crippen LogP contribution in [0.3, 0.4) is 0 Å². The lowest BCUT2D eigenvalue weighted by molar-refractivity contribution is -0.384. The normalized spacial score (nSPS) is 23.7. The molecule has 0 aromatic heterocycles.